The van der Waals surface area contributed by atoms with E-state index in [1.54, 1.807) is 7.05 Å². The molecule has 0 aliphatic rings. The van der Waals surface area contributed by atoms with Crippen LogP contribution in [-0.4, -0.2) is 41.3 Å². The lowest BCUT2D eigenvalue weighted by Gasteiger charge is -2.22. The fourth-order valence-corrected chi connectivity index (χ4v) is 2.68. The van der Waals surface area contributed by atoms with E-state index in [0.29, 0.717) is 0 Å². The maximum absolute atomic E-state index is 6.03. The number of hydrogen-bond acceptors (Lipinski definition) is 2. The lowest BCUT2D eigenvalue weighted by Crippen LogP contribution is -2.39. The van der Waals surface area contributed by atoms with Crippen LogP contribution in [0.15, 0.2) is 41.7 Å². The Labute approximate surface area is 143 Å². The van der Waals surface area contributed by atoms with Gasteiger partial charge in [0.05, 0.1) is 6.20 Å². The van der Waals surface area contributed by atoms with E-state index in [2.05, 4.69) is 32.6 Å². The van der Waals surface area contributed by atoms with E-state index in [4.69, 9.17) is 11.6 Å². The Kier molecular flexibility index (Phi) is 6.47. The Balaban J connectivity index is 1.77. The van der Waals surface area contributed by atoms with E-state index in [-0.39, 0.29) is 0 Å². The fourth-order valence-electron chi connectivity index (χ4n) is 2.46. The van der Waals surface area contributed by atoms with Gasteiger partial charge in [-0.25, -0.2) is 0 Å². The summed E-state index contributed by atoms with van der Waals surface area (Å²) >= 11 is 6.03. The largest absolute Gasteiger partial charge is 0.356 e. The second kappa shape index (κ2) is 8.58. The third-order valence-electron chi connectivity index (χ3n) is 3.57. The molecule has 1 aromatic carbocycles. The summed E-state index contributed by atoms with van der Waals surface area (Å²) in [6.45, 7) is 1.64. The first kappa shape index (κ1) is 17.3. The number of nitrogens with one attached hydrogen (secondary N) is 1. The molecule has 124 valence electrons. The molecule has 0 amide bonds. The van der Waals surface area contributed by atoms with E-state index < -0.39 is 0 Å². The molecule has 1 aromatic heterocycles. The van der Waals surface area contributed by atoms with Gasteiger partial charge in [-0.15, -0.1) is 0 Å². The Morgan fingerprint density at radius 3 is 2.87 bits per heavy atom. The zero-order valence-electron chi connectivity index (χ0n) is 14.0. The topological polar surface area (TPSA) is 45.5 Å². The molecule has 5 nitrogen and oxygen atoms in total. The van der Waals surface area contributed by atoms with E-state index in [9.17, 15) is 0 Å². The van der Waals surface area contributed by atoms with Crippen molar-refractivity contribution in [3.8, 4) is 0 Å². The summed E-state index contributed by atoms with van der Waals surface area (Å²) in [4.78, 5) is 6.43. The minimum atomic E-state index is 0.760. The first-order valence-electron chi connectivity index (χ1n) is 7.72. The second-order valence-corrected chi connectivity index (χ2v) is 6.02. The average molecular weight is 334 g/mol. The minimum absolute atomic E-state index is 0.760. The van der Waals surface area contributed by atoms with Crippen molar-refractivity contribution in [1.29, 1.82) is 0 Å². The van der Waals surface area contributed by atoms with E-state index in [0.717, 1.165) is 36.9 Å². The van der Waals surface area contributed by atoms with Crippen LogP contribution in [0.3, 0.4) is 0 Å². The molecule has 6 heteroatoms. The van der Waals surface area contributed by atoms with Gasteiger partial charge in [0.1, 0.15) is 0 Å². The molecule has 2 rings (SSSR count). The Bertz CT molecular complexity index is 650. The third kappa shape index (κ3) is 5.60. The summed E-state index contributed by atoms with van der Waals surface area (Å²) in [5, 5.41) is 8.34. The van der Waals surface area contributed by atoms with Crippen molar-refractivity contribution >= 4 is 17.6 Å². The molecule has 0 bridgehead atoms. The zero-order valence-corrected chi connectivity index (χ0v) is 14.7. The highest BCUT2D eigenvalue weighted by Gasteiger charge is 2.06. The highest BCUT2D eigenvalue weighted by Crippen LogP contribution is 2.12. The summed E-state index contributed by atoms with van der Waals surface area (Å²) in [5.74, 6) is 0.885. The molecule has 0 saturated carbocycles. The van der Waals surface area contributed by atoms with E-state index in [1.165, 1.54) is 11.1 Å². The number of aliphatic imine (C=N–C) groups is 1. The number of halogens is 1. The third-order valence-corrected chi connectivity index (χ3v) is 3.80. The van der Waals surface area contributed by atoms with Crippen molar-refractivity contribution in [3.05, 3.63) is 52.8 Å². The molecule has 0 radical (unpaired) electrons. The fraction of sp³-hybridized carbons (Fsp3) is 0.412. The van der Waals surface area contributed by atoms with Crippen LogP contribution >= 0.6 is 11.6 Å². The van der Waals surface area contributed by atoms with Gasteiger partial charge in [-0.05, 0) is 36.1 Å². The van der Waals surface area contributed by atoms with Crippen molar-refractivity contribution in [2.75, 3.05) is 20.6 Å². The molecule has 0 fully saturated rings. The molecular weight excluding hydrogens is 310 g/mol. The molecule has 0 spiro atoms. The van der Waals surface area contributed by atoms with Crippen LogP contribution in [0.2, 0.25) is 5.02 Å². The van der Waals surface area contributed by atoms with Gasteiger partial charge in [0.15, 0.2) is 5.96 Å². The van der Waals surface area contributed by atoms with Crippen LogP contribution in [0.1, 0.15) is 17.5 Å². The summed E-state index contributed by atoms with van der Waals surface area (Å²) in [7, 11) is 5.77. The maximum atomic E-state index is 6.03. The van der Waals surface area contributed by atoms with Gasteiger partial charge in [-0.1, -0.05) is 23.7 Å². The van der Waals surface area contributed by atoms with E-state index in [1.807, 2.05) is 43.2 Å². The summed E-state index contributed by atoms with van der Waals surface area (Å²) in [6, 6.07) is 7.90. The van der Waals surface area contributed by atoms with Gasteiger partial charge in [0.2, 0.25) is 0 Å². The second-order valence-electron chi connectivity index (χ2n) is 5.59. The Hall–Kier alpha value is -2.01. The minimum Gasteiger partial charge on any atom is -0.356 e. The van der Waals surface area contributed by atoms with Gasteiger partial charge in [0, 0.05) is 45.5 Å². The predicted molar refractivity (Wildman–Crippen MR) is 95.8 cm³/mol. The number of benzene rings is 1. The summed E-state index contributed by atoms with van der Waals surface area (Å²) in [5.41, 5.74) is 2.43. The lowest BCUT2D eigenvalue weighted by molar-refractivity contribution is 0.476. The number of aromatic nitrogens is 2. The summed E-state index contributed by atoms with van der Waals surface area (Å²) < 4.78 is 1.83. The van der Waals surface area contributed by atoms with Gasteiger partial charge in [-0.2, -0.15) is 5.10 Å². The van der Waals surface area contributed by atoms with Crippen molar-refractivity contribution in [2.45, 2.75) is 19.4 Å². The summed E-state index contributed by atoms with van der Waals surface area (Å²) in [6.07, 6.45) is 6.02. The molecule has 0 saturated heterocycles. The van der Waals surface area contributed by atoms with Crippen molar-refractivity contribution in [1.82, 2.24) is 20.0 Å². The molecule has 0 atom stereocenters. The van der Waals surface area contributed by atoms with Crippen molar-refractivity contribution < 1.29 is 0 Å². The molecule has 1 N–H and O–H groups in total. The molecule has 0 unspecified atom stereocenters. The molecule has 2 aromatic rings. The number of guanidine groups is 1. The number of hydrogen-bond donors (Lipinski definition) is 1. The van der Waals surface area contributed by atoms with Crippen LogP contribution in [0, 0.1) is 0 Å². The van der Waals surface area contributed by atoms with Crippen LogP contribution in [0.25, 0.3) is 0 Å². The van der Waals surface area contributed by atoms with Gasteiger partial charge >= 0.3 is 0 Å². The van der Waals surface area contributed by atoms with Crippen LogP contribution in [0.4, 0.5) is 0 Å². The molecule has 0 aliphatic carbocycles. The molecule has 0 aliphatic heterocycles. The van der Waals surface area contributed by atoms with Gasteiger partial charge in [-0.3, -0.25) is 9.67 Å². The van der Waals surface area contributed by atoms with Gasteiger partial charge in [0.25, 0.3) is 0 Å². The average Bonchev–Trinajstić information content (AvgIpc) is 2.92. The first-order valence-corrected chi connectivity index (χ1v) is 8.10. The number of nitrogens with zero attached hydrogens (tertiary/aromatic N) is 4. The molecule has 23 heavy (non-hydrogen) atoms. The quantitative estimate of drug-likeness (QED) is 0.502. The normalized spacial score (nSPS) is 11.6. The standard InChI is InChI=1S/C17H24ClN5/c1-19-17(20-9-5-7-15-11-21-23(3)13-15)22(2)12-14-6-4-8-16(18)10-14/h4,6,8,10-11,13H,5,7,9,12H2,1-3H3,(H,19,20). The highest BCUT2D eigenvalue weighted by atomic mass is 35.5. The monoisotopic (exact) mass is 333 g/mol. The maximum Gasteiger partial charge on any atom is 0.193 e. The SMILES string of the molecule is CN=C(NCCCc1cnn(C)c1)N(C)Cc1cccc(Cl)c1. The van der Waals surface area contributed by atoms with Crippen molar-refractivity contribution in [3.63, 3.8) is 0 Å². The molecule has 1 heterocycles. The Morgan fingerprint density at radius 1 is 1.39 bits per heavy atom. The zero-order chi connectivity index (χ0) is 16.7. The first-order chi connectivity index (χ1) is 11.1. The smallest absolute Gasteiger partial charge is 0.193 e. The van der Waals surface area contributed by atoms with Crippen LogP contribution in [-0.2, 0) is 20.0 Å². The number of aryl methyl sites for hydroxylation is 2. The van der Waals surface area contributed by atoms with Crippen molar-refractivity contribution in [2.24, 2.45) is 12.0 Å². The highest BCUT2D eigenvalue weighted by molar-refractivity contribution is 6.30. The van der Waals surface area contributed by atoms with E-state index >= 15 is 0 Å². The predicted octanol–water partition coefficient (Wildman–Crippen LogP) is 2.71. The van der Waals surface area contributed by atoms with Crippen LogP contribution in [0.5, 0.6) is 0 Å². The lowest BCUT2D eigenvalue weighted by atomic mass is 10.2. The van der Waals surface area contributed by atoms with Gasteiger partial charge < -0.3 is 10.2 Å². The Morgan fingerprint density at radius 2 is 2.22 bits per heavy atom. The molecular formula is C17H24ClN5. The van der Waals surface area contributed by atoms with Crippen LogP contribution < -0.4 is 5.32 Å². The number of rotatable bonds is 6.